The van der Waals surface area contributed by atoms with E-state index in [0.29, 0.717) is 18.6 Å². The van der Waals surface area contributed by atoms with Crippen molar-refractivity contribution in [2.75, 3.05) is 6.61 Å². The van der Waals surface area contributed by atoms with Gasteiger partial charge in [-0.25, -0.2) is 0 Å². The molecule has 0 fully saturated rings. The second kappa shape index (κ2) is 9.37. The zero-order chi connectivity index (χ0) is 20.1. The number of hydrogen-bond acceptors (Lipinski definition) is 6. The first-order chi connectivity index (χ1) is 13.4. The number of benzene rings is 1. The maximum absolute atomic E-state index is 11.0. The summed E-state index contributed by atoms with van der Waals surface area (Å²) < 4.78 is 16.9. The van der Waals surface area contributed by atoms with Crippen LogP contribution in [0.2, 0.25) is 4.34 Å². The molecule has 5 nitrogen and oxygen atoms in total. The van der Waals surface area contributed by atoms with Crippen molar-refractivity contribution in [1.82, 2.24) is 0 Å². The van der Waals surface area contributed by atoms with Crippen LogP contribution in [0.3, 0.4) is 0 Å². The van der Waals surface area contributed by atoms with Crippen LogP contribution in [-0.4, -0.2) is 24.6 Å². The lowest BCUT2D eigenvalue weighted by Crippen LogP contribution is -2.24. The molecule has 148 valence electrons. The highest BCUT2D eigenvalue weighted by Crippen LogP contribution is 2.37. The topological polar surface area (TPSA) is 61.8 Å². The number of thiophene rings is 1. The van der Waals surface area contributed by atoms with Crippen LogP contribution >= 0.6 is 22.9 Å². The molecule has 0 spiro atoms. The Morgan fingerprint density at radius 3 is 2.64 bits per heavy atom. The number of ether oxygens (including phenoxy) is 3. The molecule has 0 saturated heterocycles. The Morgan fingerprint density at radius 1 is 1.21 bits per heavy atom. The van der Waals surface area contributed by atoms with E-state index in [1.807, 2.05) is 24.3 Å². The molecule has 0 aliphatic carbocycles. The first-order valence-corrected chi connectivity index (χ1v) is 10.1. The van der Waals surface area contributed by atoms with E-state index in [1.54, 1.807) is 12.1 Å². The van der Waals surface area contributed by atoms with Gasteiger partial charge in [-0.15, -0.1) is 11.3 Å². The third-order valence-corrected chi connectivity index (χ3v) is 5.66. The van der Waals surface area contributed by atoms with Crippen molar-refractivity contribution in [2.24, 2.45) is 0 Å². The zero-order valence-electron chi connectivity index (χ0n) is 15.6. The van der Waals surface area contributed by atoms with Crippen LogP contribution in [0.1, 0.15) is 42.4 Å². The van der Waals surface area contributed by atoms with Crippen molar-refractivity contribution in [2.45, 2.75) is 38.9 Å². The van der Waals surface area contributed by atoms with Gasteiger partial charge in [-0.3, -0.25) is 9.59 Å². The highest BCUT2D eigenvalue weighted by molar-refractivity contribution is 7.16. The number of halogens is 1. The smallest absolute Gasteiger partial charge is 0.308 e. The molecule has 2 heterocycles. The molecule has 0 amide bonds. The fourth-order valence-corrected chi connectivity index (χ4v) is 4.20. The van der Waals surface area contributed by atoms with Gasteiger partial charge in [0.25, 0.3) is 0 Å². The fraction of sp³-hybridized carbons (Fsp3) is 0.333. The maximum Gasteiger partial charge on any atom is 0.308 e. The molecule has 3 rings (SSSR count). The lowest BCUT2D eigenvalue weighted by Gasteiger charge is -2.24. The first-order valence-electron chi connectivity index (χ1n) is 8.91. The van der Waals surface area contributed by atoms with E-state index in [0.717, 1.165) is 20.3 Å². The van der Waals surface area contributed by atoms with Gasteiger partial charge in [-0.1, -0.05) is 35.9 Å². The summed E-state index contributed by atoms with van der Waals surface area (Å²) in [5.74, 6) is -0.130. The minimum absolute atomic E-state index is 0.156. The van der Waals surface area contributed by atoms with Crippen LogP contribution in [0.5, 0.6) is 5.75 Å². The van der Waals surface area contributed by atoms with E-state index in [4.69, 9.17) is 25.8 Å². The average Bonchev–Trinajstić information content (AvgIpc) is 3.02. The number of carbonyl (C=O) groups excluding carboxylic acids is 2. The SMILES string of the molecule is CC(=O)OC[C@H]1CC=C[C@H](c2cc(Cc3ccc(OC(C)=O)cc3)c(Cl)s2)O1. The molecule has 2 aromatic rings. The predicted octanol–water partition coefficient (Wildman–Crippen LogP) is 4.87. The molecule has 0 unspecified atom stereocenters. The van der Waals surface area contributed by atoms with Crippen LogP contribution in [-0.2, 0) is 25.5 Å². The lowest BCUT2D eigenvalue weighted by molar-refractivity contribution is -0.146. The highest BCUT2D eigenvalue weighted by Gasteiger charge is 2.23. The molecule has 0 N–H and O–H groups in total. The number of esters is 2. The number of rotatable bonds is 6. The minimum Gasteiger partial charge on any atom is -0.463 e. The summed E-state index contributed by atoms with van der Waals surface area (Å²) in [6.07, 6.45) is 5.08. The van der Waals surface area contributed by atoms with Crippen LogP contribution in [0.25, 0.3) is 0 Å². The maximum atomic E-state index is 11.0. The standard InChI is InChI=1S/C21H21ClO5S/c1-13(23)25-12-18-4-3-5-19(27-18)20-11-16(21(22)28-20)10-15-6-8-17(9-7-15)26-14(2)24/h3,5-9,11,18-19H,4,10,12H2,1-2H3/t18-,19-/m1/s1. The predicted molar refractivity (Wildman–Crippen MR) is 108 cm³/mol. The van der Waals surface area contributed by atoms with Crippen LogP contribution < -0.4 is 4.74 Å². The lowest BCUT2D eigenvalue weighted by atomic mass is 10.1. The van der Waals surface area contributed by atoms with Crippen molar-refractivity contribution < 1.29 is 23.8 Å². The Labute approximate surface area is 172 Å². The normalized spacial score (nSPS) is 18.7. The van der Waals surface area contributed by atoms with Crippen molar-refractivity contribution in [3.05, 3.63) is 62.8 Å². The molecule has 1 aromatic carbocycles. The molecule has 0 bridgehead atoms. The summed E-state index contributed by atoms with van der Waals surface area (Å²) in [7, 11) is 0. The molecule has 0 radical (unpaired) electrons. The summed E-state index contributed by atoms with van der Waals surface area (Å²) in [5.41, 5.74) is 2.08. The van der Waals surface area contributed by atoms with Gasteiger partial charge in [-0.05, 0) is 42.2 Å². The van der Waals surface area contributed by atoms with Crippen molar-refractivity contribution in [1.29, 1.82) is 0 Å². The quantitative estimate of drug-likeness (QED) is 0.379. The van der Waals surface area contributed by atoms with E-state index < -0.39 is 0 Å². The van der Waals surface area contributed by atoms with E-state index in [9.17, 15) is 9.59 Å². The van der Waals surface area contributed by atoms with Crippen LogP contribution in [0.4, 0.5) is 0 Å². The monoisotopic (exact) mass is 420 g/mol. The zero-order valence-corrected chi connectivity index (χ0v) is 17.2. The molecule has 28 heavy (non-hydrogen) atoms. The first kappa shape index (κ1) is 20.6. The van der Waals surface area contributed by atoms with Gasteiger partial charge in [0.1, 0.15) is 18.5 Å². The van der Waals surface area contributed by atoms with Gasteiger partial charge < -0.3 is 14.2 Å². The van der Waals surface area contributed by atoms with Gasteiger partial charge >= 0.3 is 11.9 Å². The molecule has 2 atom stereocenters. The summed E-state index contributed by atoms with van der Waals surface area (Å²) in [6.45, 7) is 3.01. The fourth-order valence-electron chi connectivity index (χ4n) is 2.89. The Morgan fingerprint density at radius 2 is 1.96 bits per heavy atom. The number of hydrogen-bond donors (Lipinski definition) is 0. The second-order valence-electron chi connectivity index (χ2n) is 6.51. The summed E-state index contributed by atoms with van der Waals surface area (Å²) in [5, 5.41) is 0. The Bertz CT molecular complexity index is 871. The average molecular weight is 421 g/mol. The van der Waals surface area contributed by atoms with Crippen molar-refractivity contribution in [3.63, 3.8) is 0 Å². The third kappa shape index (κ3) is 5.67. The third-order valence-electron chi connectivity index (χ3n) is 4.16. The molecule has 0 saturated carbocycles. The second-order valence-corrected chi connectivity index (χ2v) is 8.19. The molecule has 1 aromatic heterocycles. The largest absolute Gasteiger partial charge is 0.463 e. The molecular weight excluding hydrogens is 400 g/mol. The molecule has 7 heteroatoms. The molecule has 1 aliphatic rings. The van der Waals surface area contributed by atoms with E-state index >= 15 is 0 Å². The van der Waals surface area contributed by atoms with Gasteiger partial charge in [-0.2, -0.15) is 0 Å². The minimum atomic E-state index is -0.342. The van der Waals surface area contributed by atoms with Crippen molar-refractivity contribution in [3.8, 4) is 5.75 Å². The molecule has 1 aliphatic heterocycles. The van der Waals surface area contributed by atoms with E-state index in [1.165, 1.54) is 25.2 Å². The van der Waals surface area contributed by atoms with Gasteiger partial charge in [0.15, 0.2) is 0 Å². The van der Waals surface area contributed by atoms with Crippen LogP contribution in [0.15, 0.2) is 42.5 Å². The Balaban J connectivity index is 1.66. The van der Waals surface area contributed by atoms with Gasteiger partial charge in [0.2, 0.25) is 0 Å². The van der Waals surface area contributed by atoms with E-state index in [-0.39, 0.29) is 30.8 Å². The Hall–Kier alpha value is -2.15. The summed E-state index contributed by atoms with van der Waals surface area (Å²) in [4.78, 5) is 23.0. The Kier molecular flexibility index (Phi) is 6.88. The van der Waals surface area contributed by atoms with Gasteiger partial charge in [0, 0.05) is 18.7 Å². The van der Waals surface area contributed by atoms with Crippen molar-refractivity contribution >= 4 is 34.9 Å². The number of carbonyl (C=O) groups is 2. The molecular formula is C21H21ClO5S. The van der Waals surface area contributed by atoms with Crippen LogP contribution in [0, 0.1) is 0 Å². The summed E-state index contributed by atoms with van der Waals surface area (Å²) >= 11 is 7.94. The summed E-state index contributed by atoms with van der Waals surface area (Å²) in [6, 6.07) is 9.42. The van der Waals surface area contributed by atoms with E-state index in [2.05, 4.69) is 6.07 Å². The highest BCUT2D eigenvalue weighted by atomic mass is 35.5. The van der Waals surface area contributed by atoms with Gasteiger partial charge in [0.05, 0.1) is 10.4 Å².